The van der Waals surface area contributed by atoms with Crippen molar-refractivity contribution < 1.29 is 13.9 Å². The maximum Gasteiger partial charge on any atom is 0.274 e. The summed E-state index contributed by atoms with van der Waals surface area (Å²) >= 11 is 3.01. The highest BCUT2D eigenvalue weighted by atomic mass is 79.9. The number of amides is 1. The van der Waals surface area contributed by atoms with Crippen LogP contribution in [0, 0.1) is 5.82 Å². The quantitative estimate of drug-likeness (QED) is 0.498. The van der Waals surface area contributed by atoms with Crippen LogP contribution < -0.4 is 16.0 Å². The van der Waals surface area contributed by atoms with Crippen LogP contribution in [0.3, 0.4) is 0 Å². The summed E-state index contributed by atoms with van der Waals surface area (Å²) < 4.78 is 18.4. The maximum atomic E-state index is 12.9. The van der Waals surface area contributed by atoms with Crippen LogP contribution >= 0.6 is 15.9 Å². The van der Waals surface area contributed by atoms with E-state index in [4.69, 9.17) is 10.6 Å². The average Bonchev–Trinajstić information content (AvgIpc) is 2.22. The molecule has 6 heteroatoms. The van der Waals surface area contributed by atoms with Crippen molar-refractivity contribution in [3.63, 3.8) is 0 Å². The lowest BCUT2D eigenvalue weighted by Gasteiger charge is -2.12. The van der Waals surface area contributed by atoms with Gasteiger partial charge in [-0.1, -0.05) is 0 Å². The Labute approximate surface area is 94.7 Å². The molecule has 1 aromatic rings. The molecule has 15 heavy (non-hydrogen) atoms. The van der Waals surface area contributed by atoms with Gasteiger partial charge in [-0.3, -0.25) is 10.2 Å². The van der Waals surface area contributed by atoms with E-state index in [2.05, 4.69) is 15.9 Å². The number of halogens is 2. The van der Waals surface area contributed by atoms with Crippen molar-refractivity contribution in [2.24, 2.45) is 5.84 Å². The van der Waals surface area contributed by atoms with Crippen LogP contribution in [0.2, 0.25) is 0 Å². The van der Waals surface area contributed by atoms with Gasteiger partial charge < -0.3 is 4.74 Å². The third kappa shape index (κ3) is 3.17. The Morgan fingerprint density at radius 2 is 2.33 bits per heavy atom. The molecule has 0 radical (unpaired) electrons. The normalized spacial score (nSPS) is 12.0. The van der Waals surface area contributed by atoms with Crippen molar-refractivity contribution in [2.75, 3.05) is 0 Å². The lowest BCUT2D eigenvalue weighted by atomic mass is 10.3. The predicted octanol–water partition coefficient (Wildman–Crippen LogP) is 1.35. The summed E-state index contributed by atoms with van der Waals surface area (Å²) in [5.74, 6) is 4.48. The number of ether oxygens (including phenoxy) is 1. The minimum absolute atomic E-state index is 0.278. The molecule has 0 saturated heterocycles. The van der Waals surface area contributed by atoms with Gasteiger partial charge in [0.25, 0.3) is 5.91 Å². The largest absolute Gasteiger partial charge is 0.481 e. The van der Waals surface area contributed by atoms with Gasteiger partial charge in [0.2, 0.25) is 0 Å². The van der Waals surface area contributed by atoms with Crippen molar-refractivity contribution in [3.8, 4) is 5.75 Å². The monoisotopic (exact) mass is 276 g/mol. The summed E-state index contributed by atoms with van der Waals surface area (Å²) in [6, 6.07) is 4.11. The van der Waals surface area contributed by atoms with Gasteiger partial charge in [-0.25, -0.2) is 10.2 Å². The molecule has 4 nitrogen and oxygen atoms in total. The molecule has 0 heterocycles. The maximum absolute atomic E-state index is 12.9. The number of carbonyl (C=O) groups excluding carboxylic acids is 1. The highest BCUT2D eigenvalue weighted by molar-refractivity contribution is 9.10. The molecule has 1 rings (SSSR count). The van der Waals surface area contributed by atoms with Crippen LogP contribution in [0.1, 0.15) is 6.92 Å². The van der Waals surface area contributed by atoms with Crippen LogP contribution in [0.4, 0.5) is 4.39 Å². The highest BCUT2D eigenvalue weighted by Crippen LogP contribution is 2.22. The van der Waals surface area contributed by atoms with Crippen LogP contribution in [-0.4, -0.2) is 12.0 Å². The Kier molecular flexibility index (Phi) is 4.05. The van der Waals surface area contributed by atoms with E-state index in [0.717, 1.165) is 0 Å². The summed E-state index contributed by atoms with van der Waals surface area (Å²) in [4.78, 5) is 11.0. The molecule has 3 N–H and O–H groups in total. The lowest BCUT2D eigenvalue weighted by Crippen LogP contribution is -2.40. The predicted molar refractivity (Wildman–Crippen MR) is 56.5 cm³/mol. The number of hydrogen-bond acceptors (Lipinski definition) is 3. The van der Waals surface area contributed by atoms with Crippen LogP contribution in [0.5, 0.6) is 5.75 Å². The van der Waals surface area contributed by atoms with Crippen LogP contribution in [0.25, 0.3) is 0 Å². The zero-order chi connectivity index (χ0) is 11.4. The topological polar surface area (TPSA) is 64.3 Å². The fourth-order valence-electron chi connectivity index (χ4n) is 0.925. The molecule has 0 aromatic heterocycles. The molecular formula is C9H10BrFN2O2. The zero-order valence-electron chi connectivity index (χ0n) is 7.96. The van der Waals surface area contributed by atoms with Crippen LogP contribution in [-0.2, 0) is 4.79 Å². The van der Waals surface area contributed by atoms with Gasteiger partial charge in [0.05, 0.1) is 4.47 Å². The molecule has 82 valence electrons. The second kappa shape index (κ2) is 5.09. The molecular weight excluding hydrogens is 267 g/mol. The molecule has 0 bridgehead atoms. The lowest BCUT2D eigenvalue weighted by molar-refractivity contribution is -0.127. The van der Waals surface area contributed by atoms with Crippen molar-refractivity contribution in [1.82, 2.24) is 5.43 Å². The number of nitrogens with one attached hydrogen (secondary N) is 1. The van der Waals surface area contributed by atoms with Crippen molar-refractivity contribution in [1.29, 1.82) is 0 Å². The first-order valence-electron chi connectivity index (χ1n) is 4.16. The molecule has 1 atom stereocenters. The molecule has 0 aliphatic heterocycles. The average molecular weight is 277 g/mol. The van der Waals surface area contributed by atoms with Crippen molar-refractivity contribution >= 4 is 21.8 Å². The number of carbonyl (C=O) groups is 1. The number of hydrazine groups is 1. The smallest absolute Gasteiger partial charge is 0.274 e. The van der Waals surface area contributed by atoms with Gasteiger partial charge in [-0.15, -0.1) is 0 Å². The number of hydrogen-bond donors (Lipinski definition) is 2. The summed E-state index contributed by atoms with van der Waals surface area (Å²) in [6.45, 7) is 1.54. The van der Waals surface area contributed by atoms with Gasteiger partial charge in [0.15, 0.2) is 6.10 Å². The Balaban J connectivity index is 2.73. The fourth-order valence-corrected chi connectivity index (χ4v) is 1.28. The first-order valence-corrected chi connectivity index (χ1v) is 4.96. The third-order valence-electron chi connectivity index (χ3n) is 1.72. The van der Waals surface area contributed by atoms with E-state index in [-0.39, 0.29) is 4.47 Å². The molecule has 1 unspecified atom stereocenters. The summed E-state index contributed by atoms with van der Waals surface area (Å²) in [5, 5.41) is 0. The Bertz CT molecular complexity index is 373. The fraction of sp³-hybridized carbons (Fsp3) is 0.222. The summed E-state index contributed by atoms with van der Waals surface area (Å²) in [6.07, 6.45) is -0.729. The minimum Gasteiger partial charge on any atom is -0.481 e. The summed E-state index contributed by atoms with van der Waals surface area (Å²) in [7, 11) is 0. The Hall–Kier alpha value is -1.14. The second-order valence-electron chi connectivity index (χ2n) is 2.84. The second-order valence-corrected chi connectivity index (χ2v) is 3.70. The van der Waals surface area contributed by atoms with Gasteiger partial charge in [-0.05, 0) is 41.1 Å². The van der Waals surface area contributed by atoms with Crippen LogP contribution in [0.15, 0.2) is 22.7 Å². The molecule has 1 amide bonds. The van der Waals surface area contributed by atoms with E-state index in [1.54, 1.807) is 6.92 Å². The van der Waals surface area contributed by atoms with E-state index >= 15 is 0 Å². The molecule has 0 fully saturated rings. The zero-order valence-corrected chi connectivity index (χ0v) is 9.55. The van der Waals surface area contributed by atoms with E-state index in [1.807, 2.05) is 5.43 Å². The van der Waals surface area contributed by atoms with E-state index in [1.165, 1.54) is 18.2 Å². The van der Waals surface area contributed by atoms with Gasteiger partial charge in [0.1, 0.15) is 11.6 Å². The number of nitrogens with two attached hydrogens (primary N) is 1. The van der Waals surface area contributed by atoms with Crippen molar-refractivity contribution in [2.45, 2.75) is 13.0 Å². The number of rotatable bonds is 3. The standard InChI is InChI=1S/C9H10BrFN2O2/c1-5(9(14)13-12)15-6-2-3-8(11)7(10)4-6/h2-5H,12H2,1H3,(H,13,14). The van der Waals surface area contributed by atoms with E-state index < -0.39 is 17.8 Å². The first kappa shape index (κ1) is 11.9. The molecule has 0 aliphatic rings. The molecule has 0 spiro atoms. The van der Waals surface area contributed by atoms with Gasteiger partial charge in [-0.2, -0.15) is 0 Å². The highest BCUT2D eigenvalue weighted by Gasteiger charge is 2.13. The molecule has 0 saturated carbocycles. The van der Waals surface area contributed by atoms with Gasteiger partial charge in [0, 0.05) is 0 Å². The molecule has 1 aromatic carbocycles. The van der Waals surface area contributed by atoms with Gasteiger partial charge >= 0.3 is 0 Å². The first-order chi connectivity index (χ1) is 7.04. The van der Waals surface area contributed by atoms with E-state index in [9.17, 15) is 9.18 Å². The van der Waals surface area contributed by atoms with E-state index in [0.29, 0.717) is 5.75 Å². The minimum atomic E-state index is -0.729. The molecule has 0 aliphatic carbocycles. The third-order valence-corrected chi connectivity index (χ3v) is 2.32. The Morgan fingerprint density at radius 1 is 1.67 bits per heavy atom. The summed E-state index contributed by atoms with van der Waals surface area (Å²) in [5.41, 5.74) is 1.96. The SMILES string of the molecule is CC(Oc1ccc(F)c(Br)c1)C(=O)NN. The Morgan fingerprint density at radius 3 is 2.87 bits per heavy atom. The van der Waals surface area contributed by atoms with Crippen molar-refractivity contribution in [3.05, 3.63) is 28.5 Å². The number of benzene rings is 1.